The van der Waals surface area contributed by atoms with Gasteiger partial charge in [-0.25, -0.2) is 0 Å². The molecule has 328 valence electrons. The van der Waals surface area contributed by atoms with Crippen molar-refractivity contribution >= 4 is 11.6 Å². The highest BCUT2D eigenvalue weighted by atomic mass is 16.4. The molecule has 0 aliphatic rings. The van der Waals surface area contributed by atoms with E-state index in [4.69, 9.17) is 46.0 Å². The Morgan fingerprint density at radius 3 is 0.889 bits per heavy atom. The van der Waals surface area contributed by atoms with Crippen LogP contribution in [0.15, 0.2) is 0 Å². The zero-order valence-electron chi connectivity index (χ0n) is 34.1. The van der Waals surface area contributed by atoms with E-state index in [-0.39, 0.29) is 17.4 Å². The summed E-state index contributed by atoms with van der Waals surface area (Å²) in [4.78, 5) is 22.8. The van der Waals surface area contributed by atoms with Gasteiger partial charge >= 0.3 is 0 Å². The molecular weight excluding hydrogens is 720 g/mol. The number of carbonyl (C=O) groups excluding carboxylic acids is 2. The van der Waals surface area contributed by atoms with E-state index < -0.39 is 115 Å². The van der Waals surface area contributed by atoms with Crippen LogP contribution >= 0.6 is 0 Å². The molecule has 0 saturated carbocycles. The molecule has 0 radical (unpaired) electrons. The molecular formula is C36H76O18. The molecule has 18 heteroatoms. The van der Waals surface area contributed by atoms with Crippen LogP contribution in [0.1, 0.15) is 95.9 Å². The van der Waals surface area contributed by atoms with Gasteiger partial charge in [0.15, 0.2) is 11.6 Å². The summed E-state index contributed by atoms with van der Waals surface area (Å²) in [7, 11) is 0. The average Bonchev–Trinajstić information content (AvgIpc) is 3.05. The van der Waals surface area contributed by atoms with Crippen molar-refractivity contribution in [2.75, 3.05) is 26.4 Å². The topological polar surface area (TPSA) is 358 Å². The third kappa shape index (κ3) is 26.5. The fourth-order valence-corrected chi connectivity index (χ4v) is 4.04. The van der Waals surface area contributed by atoms with Crippen molar-refractivity contribution in [3.63, 3.8) is 0 Å². The number of hydrogen-bond acceptors (Lipinski definition) is 18. The summed E-state index contributed by atoms with van der Waals surface area (Å²) in [6.07, 6.45) is -16.4. The Kier molecular flexibility index (Phi) is 29.2. The van der Waals surface area contributed by atoms with Crippen molar-refractivity contribution in [2.24, 2.45) is 21.7 Å². The Balaban J connectivity index is -0.000000312. The van der Waals surface area contributed by atoms with Gasteiger partial charge in [-0.15, -0.1) is 0 Å². The van der Waals surface area contributed by atoms with Crippen LogP contribution < -0.4 is 0 Å². The molecule has 0 aromatic heterocycles. The number of Topliss-reactive ketones (excluding diaryl/α,β-unsaturated/α-hetero) is 2. The SMILES string of the molecule is CC(C)(C)C(=O)C(O)C(O)C(O)C(O)CO.CC(C)(C)C(=O)C(O)C(O)CO.CC(C)(C)CC(O)C(O)C(O)C(O)CO.CC(C)(C)CC(O)C(O)CO. The van der Waals surface area contributed by atoms with E-state index in [0.717, 1.165) is 0 Å². The van der Waals surface area contributed by atoms with E-state index in [9.17, 15) is 45.3 Å². The molecule has 16 N–H and O–H groups in total. The predicted molar refractivity (Wildman–Crippen MR) is 197 cm³/mol. The molecule has 0 rings (SSSR count). The standard InChI is InChI=1S/C10H20O6.C10H22O5.C8H16O4.C8H18O3/c1-10(2,3)9(16)8(15)7(14)6(13)5(12)4-11;1-10(2,3)4-6(12)8(14)9(15)7(13)5-11;1-8(2,3)7(12)6(11)5(10)4-9;1-8(2,3)4-6(10)7(11)5-9/h5-8,11-15H,4H2,1-3H3;6-9,11-15H,4-5H2,1-3H3;5-6,9-11H,4H2,1-3H3;6-7,9-11H,4-5H2,1-3H3. The first-order valence-electron chi connectivity index (χ1n) is 17.7. The largest absolute Gasteiger partial charge is 0.394 e. The normalized spacial score (nSPS) is 19.2. The Labute approximate surface area is 320 Å². The molecule has 54 heavy (non-hydrogen) atoms. The van der Waals surface area contributed by atoms with E-state index >= 15 is 0 Å². The number of hydrogen-bond donors (Lipinski definition) is 16. The van der Waals surface area contributed by atoms with Crippen molar-refractivity contribution in [3.8, 4) is 0 Å². The van der Waals surface area contributed by atoms with Gasteiger partial charge in [0.2, 0.25) is 0 Å². The van der Waals surface area contributed by atoms with Gasteiger partial charge in [-0.2, -0.15) is 0 Å². The summed E-state index contributed by atoms with van der Waals surface area (Å²) in [5.41, 5.74) is -1.78. The van der Waals surface area contributed by atoms with Crippen LogP contribution in [0.4, 0.5) is 0 Å². The highest BCUT2D eigenvalue weighted by molar-refractivity contribution is 5.88. The highest BCUT2D eigenvalue weighted by Gasteiger charge is 2.38. The molecule has 0 saturated heterocycles. The lowest BCUT2D eigenvalue weighted by molar-refractivity contribution is -0.153. The van der Waals surface area contributed by atoms with Gasteiger partial charge in [0.05, 0.1) is 38.6 Å². The third-order valence-electron chi connectivity index (χ3n) is 7.42. The summed E-state index contributed by atoms with van der Waals surface area (Å²) < 4.78 is 0. The quantitative estimate of drug-likeness (QED) is 0.0716. The number of carbonyl (C=O) groups is 2. The Bertz CT molecular complexity index is 984. The van der Waals surface area contributed by atoms with Gasteiger partial charge in [0.25, 0.3) is 0 Å². The molecule has 0 heterocycles. The fourth-order valence-electron chi connectivity index (χ4n) is 4.04. The Morgan fingerprint density at radius 2 is 0.611 bits per heavy atom. The second kappa shape index (κ2) is 26.6. The van der Waals surface area contributed by atoms with E-state index in [0.29, 0.717) is 12.8 Å². The van der Waals surface area contributed by atoms with E-state index in [1.165, 1.54) is 0 Å². The van der Waals surface area contributed by atoms with Crippen LogP contribution in [0.3, 0.4) is 0 Å². The Hall–Kier alpha value is -1.30. The minimum absolute atomic E-state index is 0.0183. The summed E-state index contributed by atoms with van der Waals surface area (Å²) in [5.74, 6) is -1.12. The molecule has 12 unspecified atom stereocenters. The third-order valence-corrected chi connectivity index (χ3v) is 7.42. The lowest BCUT2D eigenvalue weighted by Gasteiger charge is -2.29. The van der Waals surface area contributed by atoms with Gasteiger partial charge < -0.3 is 81.7 Å². The lowest BCUT2D eigenvalue weighted by Crippen LogP contribution is -2.51. The first kappa shape index (κ1) is 59.4. The van der Waals surface area contributed by atoms with Crippen LogP contribution in [-0.4, -0.2) is 193 Å². The van der Waals surface area contributed by atoms with E-state index in [2.05, 4.69) is 0 Å². The van der Waals surface area contributed by atoms with Gasteiger partial charge in [-0.3, -0.25) is 9.59 Å². The maximum Gasteiger partial charge on any atom is 0.169 e. The van der Waals surface area contributed by atoms with Gasteiger partial charge in [0.1, 0.15) is 61.0 Å². The predicted octanol–water partition coefficient (Wildman–Crippen LogP) is -3.65. The molecule has 0 bridgehead atoms. The zero-order chi connectivity index (χ0) is 44.3. The van der Waals surface area contributed by atoms with Crippen molar-refractivity contribution in [1.82, 2.24) is 0 Å². The molecule has 0 amide bonds. The number of rotatable bonds is 16. The van der Waals surface area contributed by atoms with Crippen LogP contribution in [0.25, 0.3) is 0 Å². The molecule has 0 fully saturated rings. The summed E-state index contributed by atoms with van der Waals surface area (Å²) in [5, 5.41) is 145. The monoisotopic (exact) mass is 797 g/mol. The summed E-state index contributed by atoms with van der Waals surface area (Å²) in [6, 6.07) is 0. The van der Waals surface area contributed by atoms with Crippen LogP contribution in [-0.2, 0) is 9.59 Å². The summed E-state index contributed by atoms with van der Waals surface area (Å²) >= 11 is 0. The minimum Gasteiger partial charge on any atom is -0.394 e. The number of aliphatic hydroxyl groups is 16. The highest BCUT2D eigenvalue weighted by Crippen LogP contribution is 2.24. The number of ketones is 2. The minimum atomic E-state index is -1.83. The van der Waals surface area contributed by atoms with Crippen LogP contribution in [0, 0.1) is 21.7 Å². The molecule has 0 spiro atoms. The van der Waals surface area contributed by atoms with Gasteiger partial charge in [0, 0.05) is 10.8 Å². The molecule has 0 aromatic rings. The molecule has 18 nitrogen and oxygen atoms in total. The van der Waals surface area contributed by atoms with Crippen LogP contribution in [0.5, 0.6) is 0 Å². The number of aliphatic hydroxyl groups excluding tert-OH is 16. The first-order chi connectivity index (χ1) is 24.0. The molecule has 12 atom stereocenters. The zero-order valence-corrected chi connectivity index (χ0v) is 34.1. The Morgan fingerprint density at radius 1 is 0.352 bits per heavy atom. The maximum absolute atomic E-state index is 11.6. The van der Waals surface area contributed by atoms with Crippen LogP contribution in [0.2, 0.25) is 0 Å². The molecule has 0 aromatic carbocycles. The second-order valence-corrected chi connectivity index (χ2v) is 17.7. The van der Waals surface area contributed by atoms with Crippen molar-refractivity contribution in [2.45, 2.75) is 169 Å². The van der Waals surface area contributed by atoms with Gasteiger partial charge in [-0.05, 0) is 23.7 Å². The van der Waals surface area contributed by atoms with Crippen molar-refractivity contribution in [1.29, 1.82) is 0 Å². The van der Waals surface area contributed by atoms with E-state index in [1.54, 1.807) is 41.5 Å². The van der Waals surface area contributed by atoms with Gasteiger partial charge in [-0.1, -0.05) is 83.1 Å². The second-order valence-electron chi connectivity index (χ2n) is 17.7. The van der Waals surface area contributed by atoms with E-state index in [1.807, 2.05) is 41.5 Å². The van der Waals surface area contributed by atoms with Crippen molar-refractivity contribution < 1.29 is 91.3 Å². The lowest BCUT2D eigenvalue weighted by atomic mass is 9.84. The first-order valence-corrected chi connectivity index (χ1v) is 17.7. The smallest absolute Gasteiger partial charge is 0.169 e. The molecule has 0 aliphatic heterocycles. The fraction of sp³-hybridized carbons (Fsp3) is 0.944. The maximum atomic E-state index is 11.6. The van der Waals surface area contributed by atoms with Crippen molar-refractivity contribution in [3.05, 3.63) is 0 Å². The molecule has 0 aliphatic carbocycles. The average molecular weight is 797 g/mol. The summed E-state index contributed by atoms with van der Waals surface area (Å²) in [6.45, 7) is 18.8.